The van der Waals surface area contributed by atoms with E-state index in [-0.39, 0.29) is 17.2 Å². The molecule has 28 heavy (non-hydrogen) atoms. The van der Waals surface area contributed by atoms with Crippen molar-refractivity contribution in [2.75, 3.05) is 0 Å². The maximum atomic E-state index is 12.9. The SMILES string of the molecule is CC1=C(C(=O)OC2CCC(C)CC2)[C@@H](c2ccc([O-])c([N+](=O)[O-])c2)NC(=O)N1. The van der Waals surface area contributed by atoms with Gasteiger partial charge in [-0.3, -0.25) is 10.1 Å². The van der Waals surface area contributed by atoms with Crippen molar-refractivity contribution in [2.45, 2.75) is 51.7 Å². The average molecular weight is 388 g/mol. The summed E-state index contributed by atoms with van der Waals surface area (Å²) in [5.41, 5.74) is 0.143. The smallest absolute Gasteiger partial charge is 0.338 e. The third-order valence-electron chi connectivity index (χ3n) is 5.24. The summed E-state index contributed by atoms with van der Waals surface area (Å²) in [4.78, 5) is 35.1. The van der Waals surface area contributed by atoms with Gasteiger partial charge in [-0.2, -0.15) is 0 Å². The van der Waals surface area contributed by atoms with Crippen LogP contribution in [0.2, 0.25) is 0 Å². The van der Waals surface area contributed by atoms with Gasteiger partial charge in [-0.1, -0.05) is 19.1 Å². The number of hydrogen-bond acceptors (Lipinski definition) is 6. The molecule has 2 N–H and O–H groups in total. The number of carbonyl (C=O) groups excluding carboxylic acids is 2. The first-order chi connectivity index (χ1) is 13.3. The van der Waals surface area contributed by atoms with Crippen LogP contribution in [0.3, 0.4) is 0 Å². The van der Waals surface area contributed by atoms with Crippen LogP contribution in [0.15, 0.2) is 29.5 Å². The van der Waals surface area contributed by atoms with Crippen molar-refractivity contribution in [3.8, 4) is 5.75 Å². The number of esters is 1. The molecule has 1 atom stereocenters. The van der Waals surface area contributed by atoms with E-state index < -0.39 is 34.4 Å². The van der Waals surface area contributed by atoms with Crippen LogP contribution < -0.4 is 15.7 Å². The lowest BCUT2D eigenvalue weighted by Gasteiger charge is -2.31. The number of benzene rings is 1. The Labute approximate surface area is 161 Å². The molecular weight excluding hydrogens is 366 g/mol. The maximum Gasteiger partial charge on any atom is 0.338 e. The van der Waals surface area contributed by atoms with E-state index in [2.05, 4.69) is 17.6 Å². The minimum atomic E-state index is -0.942. The Morgan fingerprint density at radius 3 is 2.57 bits per heavy atom. The fourth-order valence-electron chi connectivity index (χ4n) is 3.63. The molecule has 9 nitrogen and oxygen atoms in total. The minimum Gasteiger partial charge on any atom is -0.868 e. The molecule has 2 amide bonds. The summed E-state index contributed by atoms with van der Waals surface area (Å²) in [6.07, 6.45) is 3.32. The second-order valence-corrected chi connectivity index (χ2v) is 7.34. The van der Waals surface area contributed by atoms with E-state index in [1.165, 1.54) is 6.07 Å². The van der Waals surface area contributed by atoms with E-state index in [1.54, 1.807) is 6.92 Å². The number of hydrogen-bond donors (Lipinski definition) is 2. The van der Waals surface area contributed by atoms with E-state index >= 15 is 0 Å². The lowest BCUT2D eigenvalue weighted by Crippen LogP contribution is -2.45. The molecule has 0 spiro atoms. The average Bonchev–Trinajstić information content (AvgIpc) is 2.63. The van der Waals surface area contributed by atoms with Gasteiger partial charge in [-0.05, 0) is 49.8 Å². The number of carbonyl (C=O) groups is 2. The van der Waals surface area contributed by atoms with Gasteiger partial charge in [0, 0.05) is 11.8 Å². The number of nitro groups is 1. The molecule has 0 aromatic heterocycles. The third-order valence-corrected chi connectivity index (χ3v) is 5.24. The fraction of sp³-hybridized carbons (Fsp3) is 0.474. The Hall–Kier alpha value is -3.10. The first kappa shape index (κ1) is 19.7. The number of ether oxygens (including phenoxy) is 1. The summed E-state index contributed by atoms with van der Waals surface area (Å²) in [7, 11) is 0. The van der Waals surface area contributed by atoms with E-state index in [1.807, 2.05) is 0 Å². The lowest BCUT2D eigenvalue weighted by molar-refractivity contribution is -0.398. The van der Waals surface area contributed by atoms with Crippen LogP contribution in [-0.4, -0.2) is 23.0 Å². The van der Waals surface area contributed by atoms with Crippen LogP contribution in [0, 0.1) is 16.0 Å². The second kappa shape index (κ2) is 7.87. The Kier molecular flexibility index (Phi) is 5.53. The van der Waals surface area contributed by atoms with Crippen molar-refractivity contribution >= 4 is 17.7 Å². The van der Waals surface area contributed by atoms with Crippen molar-refractivity contribution in [3.05, 3.63) is 45.1 Å². The Bertz CT molecular complexity index is 842. The quantitative estimate of drug-likeness (QED) is 0.462. The zero-order chi connectivity index (χ0) is 20.4. The summed E-state index contributed by atoms with van der Waals surface area (Å²) < 4.78 is 5.65. The number of urea groups is 1. The number of allylic oxidation sites excluding steroid dienone is 1. The van der Waals surface area contributed by atoms with E-state index in [0.717, 1.165) is 37.8 Å². The number of amides is 2. The zero-order valence-electron chi connectivity index (χ0n) is 15.7. The van der Waals surface area contributed by atoms with Crippen molar-refractivity contribution < 1.29 is 24.4 Å². The molecule has 0 bridgehead atoms. The molecule has 1 aliphatic heterocycles. The van der Waals surface area contributed by atoms with Crippen LogP contribution in [0.5, 0.6) is 5.75 Å². The van der Waals surface area contributed by atoms with Gasteiger partial charge in [0.05, 0.1) is 16.5 Å². The molecule has 0 saturated heterocycles. The van der Waals surface area contributed by atoms with Crippen LogP contribution in [0.4, 0.5) is 10.5 Å². The van der Waals surface area contributed by atoms with E-state index in [4.69, 9.17) is 4.74 Å². The molecule has 1 aromatic rings. The number of rotatable bonds is 4. The highest BCUT2D eigenvalue weighted by atomic mass is 16.6. The number of nitrogens with one attached hydrogen (secondary N) is 2. The van der Waals surface area contributed by atoms with Crippen LogP contribution >= 0.6 is 0 Å². The van der Waals surface area contributed by atoms with Crippen molar-refractivity contribution in [1.29, 1.82) is 0 Å². The molecule has 150 valence electrons. The second-order valence-electron chi connectivity index (χ2n) is 7.34. The molecule has 1 aromatic carbocycles. The largest absolute Gasteiger partial charge is 0.868 e. The van der Waals surface area contributed by atoms with Gasteiger partial charge in [-0.15, -0.1) is 0 Å². The number of nitrogens with zero attached hydrogens (tertiary/aromatic N) is 1. The van der Waals surface area contributed by atoms with Crippen molar-refractivity contribution in [1.82, 2.24) is 10.6 Å². The molecule has 1 fully saturated rings. The first-order valence-electron chi connectivity index (χ1n) is 9.21. The van der Waals surface area contributed by atoms with Gasteiger partial charge in [0.15, 0.2) is 0 Å². The first-order valence-corrected chi connectivity index (χ1v) is 9.21. The monoisotopic (exact) mass is 388 g/mol. The Morgan fingerprint density at radius 2 is 1.93 bits per heavy atom. The van der Waals surface area contributed by atoms with Crippen LogP contribution in [0.1, 0.15) is 51.1 Å². The molecule has 0 unspecified atom stereocenters. The van der Waals surface area contributed by atoms with Crippen LogP contribution in [0.25, 0.3) is 0 Å². The van der Waals surface area contributed by atoms with Crippen molar-refractivity contribution in [2.24, 2.45) is 5.92 Å². The third kappa shape index (κ3) is 4.08. The normalized spacial score (nSPS) is 24.9. The molecule has 1 saturated carbocycles. The molecule has 1 aliphatic carbocycles. The van der Waals surface area contributed by atoms with Crippen LogP contribution in [-0.2, 0) is 9.53 Å². The summed E-state index contributed by atoms with van der Waals surface area (Å²) >= 11 is 0. The van der Waals surface area contributed by atoms with E-state index in [0.29, 0.717) is 11.6 Å². The fourth-order valence-corrected chi connectivity index (χ4v) is 3.63. The lowest BCUT2D eigenvalue weighted by atomic mass is 9.88. The predicted octanol–water partition coefficient (Wildman–Crippen LogP) is 2.42. The zero-order valence-corrected chi connectivity index (χ0v) is 15.7. The van der Waals surface area contributed by atoms with Gasteiger partial charge in [0.2, 0.25) is 0 Å². The molecular formula is C19H22N3O6-. The van der Waals surface area contributed by atoms with Gasteiger partial charge in [0.25, 0.3) is 5.69 Å². The standard InChI is InChI=1S/C19H23N3O6/c1-10-3-6-13(7-4-10)28-18(24)16-11(2)20-19(25)21-17(16)12-5-8-15(23)14(9-12)22(26)27/h5,8-10,13,17,23H,3-4,6-7H2,1-2H3,(H2,20,21,25)/p-1/t10?,13?,17-/m1/s1. The molecule has 0 radical (unpaired) electrons. The van der Waals surface area contributed by atoms with Gasteiger partial charge >= 0.3 is 12.0 Å². The number of nitro benzene ring substituents is 1. The highest BCUT2D eigenvalue weighted by Gasteiger charge is 2.34. The summed E-state index contributed by atoms with van der Waals surface area (Å²) in [6.45, 7) is 3.73. The Balaban J connectivity index is 1.89. The summed E-state index contributed by atoms with van der Waals surface area (Å²) in [5.74, 6) is -0.719. The molecule has 3 rings (SSSR count). The highest BCUT2D eigenvalue weighted by Crippen LogP contribution is 2.34. The minimum absolute atomic E-state index is 0.172. The molecule has 1 heterocycles. The highest BCUT2D eigenvalue weighted by molar-refractivity contribution is 5.95. The summed E-state index contributed by atoms with van der Waals surface area (Å²) in [5, 5.41) is 27.9. The maximum absolute atomic E-state index is 12.9. The van der Waals surface area contributed by atoms with Gasteiger partial charge < -0.3 is 20.5 Å². The topological polar surface area (TPSA) is 134 Å². The van der Waals surface area contributed by atoms with Gasteiger partial charge in [-0.25, -0.2) is 9.59 Å². The molecule has 2 aliphatic rings. The Morgan fingerprint density at radius 1 is 1.25 bits per heavy atom. The van der Waals surface area contributed by atoms with Crippen molar-refractivity contribution in [3.63, 3.8) is 0 Å². The molecule has 9 heteroatoms. The van der Waals surface area contributed by atoms with E-state index in [9.17, 15) is 24.8 Å². The van der Waals surface area contributed by atoms with Gasteiger partial charge in [0.1, 0.15) is 6.10 Å². The summed E-state index contributed by atoms with van der Waals surface area (Å²) in [6, 6.07) is 2.03. The predicted molar refractivity (Wildman–Crippen MR) is 97.2 cm³/mol.